The summed E-state index contributed by atoms with van der Waals surface area (Å²) in [6, 6.07) is 7.89. The molecule has 0 heterocycles. The maximum atomic E-state index is 11.2. The van der Waals surface area contributed by atoms with Crippen LogP contribution in [0.3, 0.4) is 0 Å². The van der Waals surface area contributed by atoms with Crippen molar-refractivity contribution < 1.29 is 22.8 Å². The zero-order chi connectivity index (χ0) is 10.6. The van der Waals surface area contributed by atoms with Crippen LogP contribution < -0.4 is 0 Å². The van der Waals surface area contributed by atoms with Crippen LogP contribution in [0.25, 0.3) is 0 Å². The highest BCUT2D eigenvalue weighted by molar-refractivity contribution is 7.87. The summed E-state index contributed by atoms with van der Waals surface area (Å²) in [5.41, 5.74) is 0.258. The molecule has 0 spiro atoms. The lowest BCUT2D eigenvalue weighted by molar-refractivity contribution is -0.130. The molecule has 0 saturated heterocycles. The van der Waals surface area contributed by atoms with Gasteiger partial charge < -0.3 is 0 Å². The fourth-order valence-electron chi connectivity index (χ4n) is 0.894. The first-order valence-electron chi connectivity index (χ1n) is 3.69. The molecular weight excluding hydrogens is 208 g/mol. The highest BCUT2D eigenvalue weighted by Crippen LogP contribution is 2.02. The van der Waals surface area contributed by atoms with Crippen LogP contribution in [-0.2, 0) is 14.5 Å². The van der Waals surface area contributed by atoms with Crippen molar-refractivity contribution in [3.8, 4) is 0 Å². The Morgan fingerprint density at radius 2 is 1.86 bits per heavy atom. The molecule has 5 nitrogen and oxygen atoms in total. The van der Waals surface area contributed by atoms with Gasteiger partial charge in [-0.25, -0.2) is 5.26 Å². The van der Waals surface area contributed by atoms with E-state index in [4.69, 9.17) is 5.26 Å². The first kappa shape index (κ1) is 10.8. The van der Waals surface area contributed by atoms with Gasteiger partial charge in [0, 0.05) is 5.56 Å². The summed E-state index contributed by atoms with van der Waals surface area (Å²) in [4.78, 5) is 11.2. The zero-order valence-corrected chi connectivity index (χ0v) is 7.90. The van der Waals surface area contributed by atoms with Crippen molar-refractivity contribution in [1.82, 2.24) is 0 Å². The standard InChI is InChI=1S/C8H8O5S/c9-8(6-14(11,12)13-10)7-4-2-1-3-5-7/h1-5,10H,6H2. The van der Waals surface area contributed by atoms with E-state index in [1.807, 2.05) is 0 Å². The quantitative estimate of drug-likeness (QED) is 0.455. The van der Waals surface area contributed by atoms with E-state index in [9.17, 15) is 13.2 Å². The molecule has 1 rings (SSSR count). The minimum atomic E-state index is -4.16. The molecular formula is C8H8O5S. The summed E-state index contributed by atoms with van der Waals surface area (Å²) in [6.07, 6.45) is 0. The Morgan fingerprint density at radius 3 is 2.36 bits per heavy atom. The number of rotatable bonds is 4. The minimum absolute atomic E-state index is 0.258. The molecule has 1 aromatic rings. The van der Waals surface area contributed by atoms with Crippen LogP contribution in [0, 0.1) is 0 Å². The molecule has 0 aliphatic rings. The largest absolute Gasteiger partial charge is 0.300 e. The van der Waals surface area contributed by atoms with Crippen LogP contribution in [0.1, 0.15) is 10.4 Å². The molecule has 0 aromatic heterocycles. The van der Waals surface area contributed by atoms with Gasteiger partial charge in [0.15, 0.2) is 5.78 Å². The molecule has 0 aliphatic heterocycles. The second-order valence-corrected chi connectivity index (χ2v) is 4.12. The molecule has 1 aromatic carbocycles. The molecule has 14 heavy (non-hydrogen) atoms. The lowest BCUT2D eigenvalue weighted by Crippen LogP contribution is -2.17. The van der Waals surface area contributed by atoms with Crippen molar-refractivity contribution in [2.45, 2.75) is 0 Å². The Kier molecular flexibility index (Phi) is 3.34. The Balaban J connectivity index is 2.79. The Morgan fingerprint density at radius 1 is 1.29 bits per heavy atom. The average molecular weight is 216 g/mol. The van der Waals surface area contributed by atoms with E-state index < -0.39 is 21.7 Å². The van der Waals surface area contributed by atoms with E-state index in [2.05, 4.69) is 4.33 Å². The first-order valence-corrected chi connectivity index (χ1v) is 5.27. The van der Waals surface area contributed by atoms with Crippen molar-refractivity contribution in [2.24, 2.45) is 0 Å². The van der Waals surface area contributed by atoms with Gasteiger partial charge in [-0.1, -0.05) is 30.3 Å². The lowest BCUT2D eigenvalue weighted by atomic mass is 10.2. The summed E-state index contributed by atoms with van der Waals surface area (Å²) in [5, 5.41) is 7.95. The van der Waals surface area contributed by atoms with E-state index in [-0.39, 0.29) is 5.56 Å². The van der Waals surface area contributed by atoms with Gasteiger partial charge in [-0.2, -0.15) is 8.42 Å². The van der Waals surface area contributed by atoms with Gasteiger partial charge in [-0.15, -0.1) is 4.33 Å². The van der Waals surface area contributed by atoms with Crippen LogP contribution in [0.4, 0.5) is 0 Å². The first-order chi connectivity index (χ1) is 6.55. The van der Waals surface area contributed by atoms with Gasteiger partial charge in [-0.05, 0) is 0 Å². The summed E-state index contributed by atoms with van der Waals surface area (Å²) in [5.74, 6) is -1.49. The highest BCUT2D eigenvalue weighted by Gasteiger charge is 2.17. The number of hydrogen-bond acceptors (Lipinski definition) is 5. The van der Waals surface area contributed by atoms with Crippen molar-refractivity contribution in [2.75, 3.05) is 5.75 Å². The van der Waals surface area contributed by atoms with Gasteiger partial charge >= 0.3 is 10.1 Å². The molecule has 76 valence electrons. The maximum absolute atomic E-state index is 11.2. The van der Waals surface area contributed by atoms with Gasteiger partial charge in [0.25, 0.3) is 0 Å². The van der Waals surface area contributed by atoms with Crippen molar-refractivity contribution in [1.29, 1.82) is 0 Å². The predicted molar refractivity (Wildman–Crippen MR) is 48.3 cm³/mol. The van der Waals surface area contributed by atoms with E-state index in [1.54, 1.807) is 18.2 Å². The molecule has 0 saturated carbocycles. The molecule has 0 fully saturated rings. The van der Waals surface area contributed by atoms with Gasteiger partial charge in [-0.3, -0.25) is 4.79 Å². The van der Waals surface area contributed by atoms with Crippen molar-refractivity contribution >= 4 is 15.9 Å². The number of benzene rings is 1. The fourth-order valence-corrected chi connectivity index (χ4v) is 1.43. The van der Waals surface area contributed by atoms with Crippen molar-refractivity contribution in [3.63, 3.8) is 0 Å². The molecule has 0 aliphatic carbocycles. The Hall–Kier alpha value is -1.24. The molecule has 6 heteroatoms. The van der Waals surface area contributed by atoms with Crippen LogP contribution in [-0.4, -0.2) is 25.2 Å². The van der Waals surface area contributed by atoms with E-state index in [0.29, 0.717) is 0 Å². The topological polar surface area (TPSA) is 80.7 Å². The molecule has 0 atom stereocenters. The Bertz CT molecular complexity index is 409. The lowest BCUT2D eigenvalue weighted by Gasteiger charge is -1.99. The number of carbonyl (C=O) groups is 1. The summed E-state index contributed by atoms with van der Waals surface area (Å²) in [7, 11) is -4.16. The minimum Gasteiger partial charge on any atom is -0.293 e. The van der Waals surface area contributed by atoms with Crippen LogP contribution in [0.15, 0.2) is 30.3 Å². The SMILES string of the molecule is O=C(CS(=O)(=O)OO)c1ccccc1. The third-order valence-corrected chi connectivity index (χ3v) is 2.36. The van der Waals surface area contributed by atoms with E-state index >= 15 is 0 Å². The van der Waals surface area contributed by atoms with E-state index in [1.165, 1.54) is 12.1 Å². The maximum Gasteiger partial charge on any atom is 0.300 e. The number of hydrogen-bond donors (Lipinski definition) is 1. The normalized spacial score (nSPS) is 11.2. The molecule has 1 N–H and O–H groups in total. The number of ketones is 1. The van der Waals surface area contributed by atoms with Gasteiger partial charge in [0.2, 0.25) is 0 Å². The third kappa shape index (κ3) is 2.91. The average Bonchev–Trinajstić information content (AvgIpc) is 2.19. The summed E-state index contributed by atoms with van der Waals surface area (Å²) >= 11 is 0. The van der Waals surface area contributed by atoms with E-state index in [0.717, 1.165) is 0 Å². The predicted octanol–water partition coefficient (Wildman–Crippen LogP) is 0.689. The number of carbonyl (C=O) groups excluding carboxylic acids is 1. The van der Waals surface area contributed by atoms with Gasteiger partial charge in [0.1, 0.15) is 5.75 Å². The second-order valence-electron chi connectivity index (χ2n) is 2.57. The van der Waals surface area contributed by atoms with Gasteiger partial charge in [0.05, 0.1) is 0 Å². The molecule has 0 bridgehead atoms. The van der Waals surface area contributed by atoms with Crippen LogP contribution >= 0.6 is 0 Å². The fraction of sp³-hybridized carbons (Fsp3) is 0.125. The third-order valence-electron chi connectivity index (χ3n) is 1.52. The molecule has 0 radical (unpaired) electrons. The summed E-state index contributed by atoms with van der Waals surface area (Å²) in [6.45, 7) is 0. The van der Waals surface area contributed by atoms with Crippen LogP contribution in [0.5, 0.6) is 0 Å². The van der Waals surface area contributed by atoms with Crippen LogP contribution in [0.2, 0.25) is 0 Å². The van der Waals surface area contributed by atoms with Crippen molar-refractivity contribution in [3.05, 3.63) is 35.9 Å². The molecule has 0 unspecified atom stereocenters. The second kappa shape index (κ2) is 4.32. The zero-order valence-electron chi connectivity index (χ0n) is 7.08. The highest BCUT2D eigenvalue weighted by atomic mass is 32.2. The molecule has 0 amide bonds. The monoisotopic (exact) mass is 216 g/mol. The number of Topliss-reactive ketones (excluding diaryl/α,β-unsaturated/α-hetero) is 1. The summed E-state index contributed by atoms with van der Waals surface area (Å²) < 4.78 is 24.6. The Labute approximate surface area is 81.0 Å². The smallest absolute Gasteiger partial charge is 0.293 e.